The van der Waals surface area contributed by atoms with Gasteiger partial charge in [0.1, 0.15) is 0 Å². The fourth-order valence-corrected chi connectivity index (χ4v) is 4.77. The maximum Gasteiger partial charge on any atom is 0.237 e. The maximum atomic E-state index is 12.7. The van der Waals surface area contributed by atoms with Crippen molar-refractivity contribution in [2.75, 3.05) is 5.32 Å². The molecule has 2 aromatic rings. The molecule has 0 heterocycles. The molecule has 2 aromatic carbocycles. The van der Waals surface area contributed by atoms with Gasteiger partial charge in [-0.05, 0) is 30.7 Å². The Hall–Kier alpha value is -1.48. The summed E-state index contributed by atoms with van der Waals surface area (Å²) in [4.78, 5) is 12.7. The molecule has 1 fully saturated rings. The number of hydrogen-bond acceptors (Lipinski definition) is 2. The topological polar surface area (TPSA) is 29.1 Å². The minimum Gasteiger partial charge on any atom is -0.325 e. The second-order valence-corrected chi connectivity index (χ2v) is 7.82. The van der Waals surface area contributed by atoms with Crippen LogP contribution >= 0.6 is 11.8 Å². The Morgan fingerprint density at radius 2 is 1.87 bits per heavy atom. The lowest BCUT2D eigenvalue weighted by Crippen LogP contribution is -2.27. The predicted octanol–water partition coefficient (Wildman–Crippen LogP) is 5.62. The highest BCUT2D eigenvalue weighted by molar-refractivity contribution is 8.01. The molecule has 0 spiro atoms. The Balaban J connectivity index is 1.70. The molecule has 1 aliphatic rings. The van der Waals surface area contributed by atoms with Gasteiger partial charge in [-0.3, -0.25) is 4.79 Å². The zero-order chi connectivity index (χ0) is 16.1. The summed E-state index contributed by atoms with van der Waals surface area (Å²) in [5.41, 5.74) is 0.927. The van der Waals surface area contributed by atoms with Gasteiger partial charge in [0.15, 0.2) is 0 Å². The van der Waals surface area contributed by atoms with Gasteiger partial charge in [-0.15, -0.1) is 11.8 Å². The van der Waals surface area contributed by atoms with Gasteiger partial charge in [0.25, 0.3) is 0 Å². The highest BCUT2D eigenvalue weighted by Crippen LogP contribution is 2.33. The van der Waals surface area contributed by atoms with E-state index in [1.807, 2.05) is 36.0 Å². The van der Waals surface area contributed by atoms with Crippen molar-refractivity contribution in [1.82, 2.24) is 0 Å². The number of thioether (sulfide) groups is 1. The van der Waals surface area contributed by atoms with Gasteiger partial charge in [-0.1, -0.05) is 62.6 Å². The number of carbonyl (C=O) groups excluding carboxylic acids is 1. The van der Waals surface area contributed by atoms with Crippen molar-refractivity contribution in [3.05, 3.63) is 42.5 Å². The van der Waals surface area contributed by atoms with Crippen LogP contribution in [0.5, 0.6) is 0 Å². The van der Waals surface area contributed by atoms with Crippen LogP contribution in [0, 0.1) is 0 Å². The number of nitrogens with one attached hydrogen (secondary N) is 1. The Kier molecular flexibility index (Phi) is 5.60. The van der Waals surface area contributed by atoms with E-state index >= 15 is 0 Å². The van der Waals surface area contributed by atoms with E-state index in [0.717, 1.165) is 17.5 Å². The fraction of sp³-hybridized carbons (Fsp3) is 0.450. The molecule has 23 heavy (non-hydrogen) atoms. The van der Waals surface area contributed by atoms with Crippen LogP contribution in [0.15, 0.2) is 42.5 Å². The molecular formula is C20H25NOS. The van der Waals surface area contributed by atoms with Crippen LogP contribution in [0.2, 0.25) is 0 Å². The standard InChI is InChI=1S/C20H25NOS/c1-2-19(23-16-11-4-3-5-12-16)20(22)21-18-14-8-10-15-9-6-7-13-17(15)18/h6-10,13-14,16,19H,2-5,11-12H2,1H3,(H,21,22). The summed E-state index contributed by atoms with van der Waals surface area (Å²) in [6, 6.07) is 14.3. The SMILES string of the molecule is CCC(SC1CCCCC1)C(=O)Nc1cccc2ccccc12. The summed E-state index contributed by atoms with van der Waals surface area (Å²) >= 11 is 1.89. The highest BCUT2D eigenvalue weighted by Gasteiger charge is 2.23. The minimum absolute atomic E-state index is 0.0528. The van der Waals surface area contributed by atoms with Crippen molar-refractivity contribution >= 4 is 34.1 Å². The molecule has 1 amide bonds. The van der Waals surface area contributed by atoms with Gasteiger partial charge in [0.2, 0.25) is 5.91 Å². The lowest BCUT2D eigenvalue weighted by molar-refractivity contribution is -0.115. The predicted molar refractivity (Wildman–Crippen MR) is 101 cm³/mol. The maximum absolute atomic E-state index is 12.7. The summed E-state index contributed by atoms with van der Waals surface area (Å²) in [5.74, 6) is 0.152. The molecule has 1 unspecified atom stereocenters. The number of hydrogen-bond donors (Lipinski definition) is 1. The molecule has 3 rings (SSSR count). The van der Waals surface area contributed by atoms with Gasteiger partial charge >= 0.3 is 0 Å². The van der Waals surface area contributed by atoms with Crippen molar-refractivity contribution < 1.29 is 4.79 Å². The first-order chi connectivity index (χ1) is 11.3. The largest absolute Gasteiger partial charge is 0.325 e. The zero-order valence-electron chi connectivity index (χ0n) is 13.8. The molecule has 0 aromatic heterocycles. The van der Waals surface area contributed by atoms with E-state index in [-0.39, 0.29) is 11.2 Å². The second-order valence-electron chi connectivity index (χ2n) is 6.31. The first-order valence-corrected chi connectivity index (χ1v) is 9.66. The summed E-state index contributed by atoms with van der Waals surface area (Å²) in [6.07, 6.45) is 7.41. The van der Waals surface area contributed by atoms with Gasteiger partial charge < -0.3 is 5.32 Å². The summed E-state index contributed by atoms with van der Waals surface area (Å²) in [7, 11) is 0. The first kappa shape index (κ1) is 16.4. The Morgan fingerprint density at radius 3 is 2.65 bits per heavy atom. The third-order valence-corrected chi connectivity index (χ3v) is 6.35. The van der Waals surface area contributed by atoms with Crippen molar-refractivity contribution in [2.24, 2.45) is 0 Å². The Labute approximate surface area is 143 Å². The minimum atomic E-state index is 0.0528. The molecule has 1 N–H and O–H groups in total. The number of benzene rings is 2. The molecule has 1 atom stereocenters. The molecule has 3 heteroatoms. The molecule has 0 bridgehead atoms. The van der Waals surface area contributed by atoms with Crippen LogP contribution in [-0.4, -0.2) is 16.4 Å². The van der Waals surface area contributed by atoms with Crippen LogP contribution in [0.25, 0.3) is 10.8 Å². The third kappa shape index (κ3) is 4.08. The van der Waals surface area contributed by atoms with E-state index in [2.05, 4.69) is 30.4 Å². The second kappa shape index (κ2) is 7.87. The van der Waals surface area contributed by atoms with Crippen molar-refractivity contribution in [1.29, 1.82) is 0 Å². The van der Waals surface area contributed by atoms with Gasteiger partial charge in [0, 0.05) is 16.3 Å². The molecule has 1 saturated carbocycles. The van der Waals surface area contributed by atoms with Crippen LogP contribution in [0.1, 0.15) is 45.4 Å². The lowest BCUT2D eigenvalue weighted by Gasteiger charge is -2.25. The van der Waals surface area contributed by atoms with Crippen molar-refractivity contribution in [3.8, 4) is 0 Å². The summed E-state index contributed by atoms with van der Waals surface area (Å²) < 4.78 is 0. The molecule has 0 aliphatic heterocycles. The van der Waals surface area contributed by atoms with Crippen LogP contribution in [0.4, 0.5) is 5.69 Å². The van der Waals surface area contributed by atoms with E-state index in [4.69, 9.17) is 0 Å². The van der Waals surface area contributed by atoms with Crippen LogP contribution < -0.4 is 5.32 Å². The lowest BCUT2D eigenvalue weighted by atomic mass is 10.0. The zero-order valence-corrected chi connectivity index (χ0v) is 14.6. The molecule has 0 saturated heterocycles. The van der Waals surface area contributed by atoms with Crippen LogP contribution in [-0.2, 0) is 4.79 Å². The first-order valence-electron chi connectivity index (χ1n) is 8.72. The molecule has 122 valence electrons. The number of amides is 1. The monoisotopic (exact) mass is 327 g/mol. The Morgan fingerprint density at radius 1 is 1.13 bits per heavy atom. The number of rotatable bonds is 5. The number of carbonyl (C=O) groups is 1. The molecule has 2 nitrogen and oxygen atoms in total. The number of anilines is 1. The normalized spacial score (nSPS) is 17.1. The van der Waals surface area contributed by atoms with Gasteiger partial charge in [0.05, 0.1) is 5.25 Å². The number of fused-ring (bicyclic) bond motifs is 1. The average molecular weight is 327 g/mol. The smallest absolute Gasteiger partial charge is 0.237 e. The van der Waals surface area contributed by atoms with E-state index in [0.29, 0.717) is 5.25 Å². The van der Waals surface area contributed by atoms with E-state index < -0.39 is 0 Å². The quantitative estimate of drug-likeness (QED) is 0.772. The summed E-state index contributed by atoms with van der Waals surface area (Å²) in [5, 5.41) is 6.15. The summed E-state index contributed by atoms with van der Waals surface area (Å²) in [6.45, 7) is 2.11. The molecule has 1 aliphatic carbocycles. The van der Waals surface area contributed by atoms with E-state index in [1.165, 1.54) is 37.5 Å². The Bertz CT molecular complexity index is 658. The third-order valence-electron chi connectivity index (χ3n) is 4.62. The average Bonchev–Trinajstić information content (AvgIpc) is 2.61. The van der Waals surface area contributed by atoms with Crippen LogP contribution in [0.3, 0.4) is 0 Å². The van der Waals surface area contributed by atoms with E-state index in [1.54, 1.807) is 0 Å². The highest BCUT2D eigenvalue weighted by atomic mass is 32.2. The van der Waals surface area contributed by atoms with Gasteiger partial charge in [-0.25, -0.2) is 0 Å². The van der Waals surface area contributed by atoms with Crippen molar-refractivity contribution in [2.45, 2.75) is 55.9 Å². The molecular weight excluding hydrogens is 302 g/mol. The van der Waals surface area contributed by atoms with Gasteiger partial charge in [-0.2, -0.15) is 0 Å². The van der Waals surface area contributed by atoms with Crippen molar-refractivity contribution in [3.63, 3.8) is 0 Å². The molecule has 0 radical (unpaired) electrons. The fourth-order valence-electron chi connectivity index (χ4n) is 3.32. The van der Waals surface area contributed by atoms with E-state index in [9.17, 15) is 4.79 Å².